The molecule has 0 aromatic carbocycles. The highest BCUT2D eigenvalue weighted by molar-refractivity contribution is 7.91. The minimum absolute atomic E-state index is 0.00155. The topological polar surface area (TPSA) is 54.4 Å². The molecule has 0 aliphatic heterocycles. The Morgan fingerprint density at radius 3 is 2.00 bits per heavy atom. The Hall–Kier alpha value is -0.133. The highest BCUT2D eigenvalue weighted by Crippen LogP contribution is 2.27. The summed E-state index contributed by atoms with van der Waals surface area (Å²) >= 11 is 0. The molecule has 0 saturated heterocycles. The highest BCUT2D eigenvalue weighted by Gasteiger charge is 2.23. The number of hydrogen-bond donors (Lipinski definition) is 1. The monoisotopic (exact) mass is 236 g/mol. The van der Waals surface area contributed by atoms with Crippen molar-refractivity contribution in [3.05, 3.63) is 10.1 Å². The molecular weight excluding hydrogens is 216 g/mol. The second kappa shape index (κ2) is 4.59. The molecule has 1 N–H and O–H groups in total. The summed E-state index contributed by atoms with van der Waals surface area (Å²) in [5, 5.41) is 0.00155. The molecule has 0 amide bonds. The van der Waals surface area contributed by atoms with Crippen molar-refractivity contribution in [2.24, 2.45) is 0 Å². The van der Waals surface area contributed by atoms with Crippen molar-refractivity contribution in [2.45, 2.75) is 46.1 Å². The quantitative estimate of drug-likeness (QED) is 0.601. The second-order valence-electron chi connectivity index (χ2n) is 4.77. The van der Waals surface area contributed by atoms with E-state index in [1.165, 1.54) is 0 Å². The van der Waals surface area contributed by atoms with Crippen LogP contribution in [0.15, 0.2) is 10.1 Å². The van der Waals surface area contributed by atoms with Crippen molar-refractivity contribution >= 4 is 19.6 Å². The summed E-state index contributed by atoms with van der Waals surface area (Å²) < 4.78 is 31.7. The van der Waals surface area contributed by atoms with Crippen LogP contribution in [-0.2, 0) is 10.1 Å². The van der Waals surface area contributed by atoms with Gasteiger partial charge in [-0.15, -0.1) is 0 Å². The van der Waals surface area contributed by atoms with E-state index in [4.69, 9.17) is 4.55 Å². The number of allylic oxidation sites excluding steroid dienone is 1. The van der Waals surface area contributed by atoms with E-state index in [0.717, 1.165) is 5.57 Å². The predicted molar refractivity (Wildman–Crippen MR) is 62.8 cm³/mol. The summed E-state index contributed by atoms with van der Waals surface area (Å²) in [5.41, 5.74) is 0.800. The van der Waals surface area contributed by atoms with Gasteiger partial charge in [-0.3, -0.25) is 4.55 Å². The minimum Gasteiger partial charge on any atom is -0.282 e. The normalized spacial score (nSPS) is 16.1. The maximum atomic E-state index is 11.1. The van der Waals surface area contributed by atoms with Crippen LogP contribution in [0.4, 0.5) is 0 Å². The molecule has 0 aliphatic rings. The lowest BCUT2D eigenvalue weighted by Gasteiger charge is -2.19. The van der Waals surface area contributed by atoms with Crippen molar-refractivity contribution < 1.29 is 13.0 Å². The fourth-order valence-corrected chi connectivity index (χ4v) is 5.27. The van der Waals surface area contributed by atoms with Crippen LogP contribution in [0, 0.1) is 0 Å². The van der Waals surface area contributed by atoms with Crippen molar-refractivity contribution in [2.75, 3.05) is 0 Å². The van der Waals surface area contributed by atoms with Crippen LogP contribution in [0.25, 0.3) is 0 Å². The summed E-state index contributed by atoms with van der Waals surface area (Å²) in [5.74, 6) is 0. The van der Waals surface area contributed by atoms with Crippen LogP contribution >= 0.6 is 0 Å². The average molecular weight is 236 g/mol. The first kappa shape index (κ1) is 13.9. The van der Waals surface area contributed by atoms with Gasteiger partial charge in [0.25, 0.3) is 10.1 Å². The maximum absolute atomic E-state index is 11.1. The summed E-state index contributed by atoms with van der Waals surface area (Å²) in [6, 6.07) is 0. The molecule has 0 bridgehead atoms. The van der Waals surface area contributed by atoms with Crippen LogP contribution in [0.3, 0.4) is 0 Å². The SMILES string of the molecule is CC/C(C)=C(/[SiH2]C(C)(C)C)S(=O)(=O)O. The first-order valence-electron chi connectivity index (χ1n) is 4.74. The van der Waals surface area contributed by atoms with Crippen molar-refractivity contribution in [1.29, 1.82) is 0 Å². The smallest absolute Gasteiger partial charge is 0.282 e. The molecule has 0 aromatic rings. The van der Waals surface area contributed by atoms with E-state index in [0.29, 0.717) is 10.9 Å². The standard InChI is InChI=1S/C9H20O3SSi/c1-6-7(2)8(13(10,11)12)14-9(3,4)5/h6,14H2,1-5H3,(H,10,11,12)/b8-7+. The van der Waals surface area contributed by atoms with Gasteiger partial charge in [0.05, 0.1) is 9.52 Å². The van der Waals surface area contributed by atoms with Gasteiger partial charge in [-0.25, -0.2) is 0 Å². The molecule has 84 valence electrons. The second-order valence-corrected chi connectivity index (χ2v) is 9.91. The van der Waals surface area contributed by atoms with Crippen molar-refractivity contribution in [3.63, 3.8) is 0 Å². The molecule has 0 spiro atoms. The Bertz CT molecular complexity index is 322. The Balaban J connectivity index is 5.18. The molecule has 0 atom stereocenters. The third-order valence-corrected chi connectivity index (χ3v) is 6.49. The van der Waals surface area contributed by atoms with Gasteiger partial charge in [0.2, 0.25) is 0 Å². The molecule has 0 aromatic heterocycles. The van der Waals surface area contributed by atoms with E-state index in [9.17, 15) is 8.42 Å². The molecule has 3 nitrogen and oxygen atoms in total. The van der Waals surface area contributed by atoms with Crippen LogP contribution in [0.2, 0.25) is 5.04 Å². The highest BCUT2D eigenvalue weighted by atomic mass is 32.2. The first-order chi connectivity index (χ1) is 6.08. The van der Waals surface area contributed by atoms with Crippen LogP contribution in [0.1, 0.15) is 41.0 Å². The molecule has 0 saturated carbocycles. The van der Waals surface area contributed by atoms with Crippen molar-refractivity contribution in [1.82, 2.24) is 0 Å². The van der Waals surface area contributed by atoms with Gasteiger partial charge in [0.1, 0.15) is 0 Å². The molecule has 0 fully saturated rings. The largest absolute Gasteiger partial charge is 0.285 e. The van der Waals surface area contributed by atoms with Gasteiger partial charge in [-0.1, -0.05) is 33.3 Å². The maximum Gasteiger partial charge on any atom is 0.285 e. The van der Waals surface area contributed by atoms with Gasteiger partial charge >= 0.3 is 0 Å². The number of rotatable bonds is 3. The molecule has 0 heterocycles. The molecule has 0 unspecified atom stereocenters. The van der Waals surface area contributed by atoms with Crippen LogP contribution in [-0.4, -0.2) is 22.5 Å². The van der Waals surface area contributed by atoms with Gasteiger partial charge in [-0.05, 0) is 18.4 Å². The lowest BCUT2D eigenvalue weighted by molar-refractivity contribution is 0.492. The van der Waals surface area contributed by atoms with E-state index >= 15 is 0 Å². The molecular formula is C9H20O3SSi. The Kier molecular flexibility index (Phi) is 4.55. The fourth-order valence-electron chi connectivity index (χ4n) is 1.14. The van der Waals surface area contributed by atoms with Gasteiger partial charge < -0.3 is 0 Å². The Labute approximate surface area is 89.2 Å². The van der Waals surface area contributed by atoms with E-state index in [1.54, 1.807) is 6.92 Å². The Morgan fingerprint density at radius 2 is 1.79 bits per heavy atom. The van der Waals surface area contributed by atoms with Gasteiger partial charge in [0, 0.05) is 4.53 Å². The molecule has 0 rings (SSSR count). The zero-order valence-corrected chi connectivity index (χ0v) is 11.8. The average Bonchev–Trinajstić information content (AvgIpc) is 1.95. The Morgan fingerprint density at radius 1 is 1.36 bits per heavy atom. The third-order valence-electron chi connectivity index (χ3n) is 2.01. The molecule has 5 heteroatoms. The first-order valence-corrected chi connectivity index (χ1v) is 7.59. The lowest BCUT2D eigenvalue weighted by Crippen LogP contribution is -2.19. The molecule has 0 aliphatic carbocycles. The minimum atomic E-state index is -3.97. The lowest BCUT2D eigenvalue weighted by atomic mass is 10.2. The summed E-state index contributed by atoms with van der Waals surface area (Å²) in [4.78, 5) is 0. The predicted octanol–water partition coefficient (Wildman–Crippen LogP) is 1.90. The van der Waals surface area contributed by atoms with E-state index in [-0.39, 0.29) is 5.04 Å². The zero-order valence-electron chi connectivity index (χ0n) is 9.59. The zero-order chi connectivity index (χ0) is 11.6. The molecule has 14 heavy (non-hydrogen) atoms. The number of hydrogen-bond acceptors (Lipinski definition) is 2. The summed E-state index contributed by atoms with van der Waals surface area (Å²) in [6.45, 7) is 9.70. The van der Waals surface area contributed by atoms with Gasteiger partial charge in [0.15, 0.2) is 0 Å². The third kappa shape index (κ3) is 4.93. The molecule has 0 radical (unpaired) electrons. The fraction of sp³-hybridized carbons (Fsp3) is 0.778. The van der Waals surface area contributed by atoms with E-state index in [1.807, 2.05) is 27.7 Å². The van der Waals surface area contributed by atoms with Crippen LogP contribution < -0.4 is 0 Å². The van der Waals surface area contributed by atoms with E-state index in [2.05, 4.69) is 0 Å². The summed E-state index contributed by atoms with van der Waals surface area (Å²) in [7, 11) is -4.93. The van der Waals surface area contributed by atoms with Crippen molar-refractivity contribution in [3.8, 4) is 0 Å². The summed E-state index contributed by atoms with van der Waals surface area (Å²) in [6.07, 6.45) is 0.679. The van der Waals surface area contributed by atoms with E-state index < -0.39 is 19.6 Å². The van der Waals surface area contributed by atoms with Gasteiger partial charge in [-0.2, -0.15) is 8.42 Å². The van der Waals surface area contributed by atoms with Crippen LogP contribution in [0.5, 0.6) is 0 Å².